The number of rotatable bonds is 5. The van der Waals surface area contributed by atoms with E-state index >= 15 is 0 Å². The van der Waals surface area contributed by atoms with Crippen LogP contribution in [0.4, 0.5) is 20.6 Å². The van der Waals surface area contributed by atoms with E-state index in [0.717, 1.165) is 31.6 Å². The quantitative estimate of drug-likeness (QED) is 0.305. The maximum absolute atomic E-state index is 13.7. The first kappa shape index (κ1) is 23.0. The van der Waals surface area contributed by atoms with E-state index in [-0.39, 0.29) is 23.0 Å². The number of piperidine rings is 1. The highest BCUT2D eigenvalue weighted by Crippen LogP contribution is 2.28. The zero-order valence-corrected chi connectivity index (χ0v) is 18.5. The van der Waals surface area contributed by atoms with E-state index < -0.39 is 11.9 Å². The van der Waals surface area contributed by atoms with Crippen molar-refractivity contribution < 1.29 is 19.1 Å². The number of halogens is 1. The molecule has 3 aromatic rings. The predicted octanol–water partition coefficient (Wildman–Crippen LogP) is 5.33. The van der Waals surface area contributed by atoms with Gasteiger partial charge in [0.1, 0.15) is 11.7 Å². The van der Waals surface area contributed by atoms with Crippen molar-refractivity contribution in [2.24, 2.45) is 0 Å². The first-order chi connectivity index (χ1) is 16.4. The molecule has 4 N–H and O–H groups in total. The Morgan fingerprint density at radius 1 is 0.912 bits per heavy atom. The Morgan fingerprint density at radius 2 is 1.65 bits per heavy atom. The molecule has 0 radical (unpaired) electrons. The molecule has 0 atom stereocenters. The fourth-order valence-corrected chi connectivity index (χ4v) is 4.08. The monoisotopic (exact) mass is 460 g/mol. The lowest BCUT2D eigenvalue weighted by Gasteiger charge is -2.29. The summed E-state index contributed by atoms with van der Waals surface area (Å²) < 4.78 is 13.7. The van der Waals surface area contributed by atoms with Crippen LogP contribution in [0.25, 0.3) is 11.1 Å². The topological polar surface area (TPSA) is 106 Å². The second-order valence-electron chi connectivity index (χ2n) is 8.13. The van der Waals surface area contributed by atoms with Crippen molar-refractivity contribution in [1.82, 2.24) is 5.32 Å². The van der Waals surface area contributed by atoms with Crippen molar-refractivity contribution >= 4 is 29.2 Å². The highest BCUT2D eigenvalue weighted by molar-refractivity contribution is 6.12. The van der Waals surface area contributed by atoms with Gasteiger partial charge in [-0.1, -0.05) is 24.3 Å². The van der Waals surface area contributed by atoms with Gasteiger partial charge in [0.05, 0.1) is 5.69 Å². The number of amides is 2. The van der Waals surface area contributed by atoms with Gasteiger partial charge in [0, 0.05) is 29.9 Å². The summed E-state index contributed by atoms with van der Waals surface area (Å²) in [6, 6.07) is 18.1. The number of carbonyl (C=O) groups excluding carboxylic acids is 1. The van der Waals surface area contributed by atoms with Crippen LogP contribution in [0.2, 0.25) is 0 Å². The molecule has 0 aliphatic carbocycles. The van der Waals surface area contributed by atoms with Gasteiger partial charge in [-0.2, -0.15) is 0 Å². The standard InChI is InChI=1S/C26H25FN4O3/c27-20-8-4-6-17(14-20)18-10-11-22(24(28)30-26(33)34)23(16-18)29-25(32)19-7-5-9-21(15-19)31-12-2-1-3-13-31/h4-11,14-16H,1-3,12-13H2,(H2,28,30)(H,29,32)(H,33,34). The van der Waals surface area contributed by atoms with E-state index in [1.807, 2.05) is 23.5 Å². The van der Waals surface area contributed by atoms with Crippen molar-refractivity contribution in [2.45, 2.75) is 19.3 Å². The maximum Gasteiger partial charge on any atom is 0.410 e. The van der Waals surface area contributed by atoms with E-state index in [4.69, 9.17) is 10.5 Å². The third-order valence-electron chi connectivity index (χ3n) is 5.76. The van der Waals surface area contributed by atoms with Crippen LogP contribution in [-0.4, -0.2) is 36.0 Å². The molecule has 0 saturated carbocycles. The SMILES string of the molecule is N=C(NC(=O)O)c1ccc(-c2cccc(F)c2)cc1NC(=O)c1cccc(N2CCCCC2)c1. The summed E-state index contributed by atoms with van der Waals surface area (Å²) in [5.41, 5.74) is 3.07. The van der Waals surface area contributed by atoms with E-state index in [1.165, 1.54) is 24.6 Å². The smallest absolute Gasteiger partial charge is 0.410 e. The second kappa shape index (κ2) is 10.2. The molecule has 2 amide bonds. The van der Waals surface area contributed by atoms with Gasteiger partial charge < -0.3 is 15.3 Å². The summed E-state index contributed by atoms with van der Waals surface area (Å²) >= 11 is 0. The normalized spacial score (nSPS) is 13.3. The molecule has 4 rings (SSSR count). The highest BCUT2D eigenvalue weighted by atomic mass is 19.1. The average molecular weight is 461 g/mol. The number of hydrogen-bond donors (Lipinski definition) is 4. The van der Waals surface area contributed by atoms with E-state index in [1.54, 1.807) is 30.3 Å². The zero-order chi connectivity index (χ0) is 24.1. The Labute approximate surface area is 196 Å². The van der Waals surface area contributed by atoms with Crippen molar-refractivity contribution in [3.63, 3.8) is 0 Å². The molecule has 1 aliphatic rings. The second-order valence-corrected chi connectivity index (χ2v) is 8.13. The molecule has 174 valence electrons. The van der Waals surface area contributed by atoms with Crippen LogP contribution in [0.1, 0.15) is 35.2 Å². The number of nitrogens with one attached hydrogen (secondary N) is 3. The molecular weight excluding hydrogens is 435 g/mol. The molecule has 34 heavy (non-hydrogen) atoms. The molecule has 1 aliphatic heterocycles. The van der Waals surface area contributed by atoms with E-state index in [0.29, 0.717) is 16.7 Å². The van der Waals surface area contributed by atoms with Crippen LogP contribution in [0.5, 0.6) is 0 Å². The third kappa shape index (κ3) is 5.40. The van der Waals surface area contributed by atoms with Gasteiger partial charge in [0.15, 0.2) is 0 Å². The number of amidine groups is 1. The summed E-state index contributed by atoms with van der Waals surface area (Å²) in [7, 11) is 0. The molecule has 1 saturated heterocycles. The molecule has 3 aromatic carbocycles. The van der Waals surface area contributed by atoms with Gasteiger partial charge in [0.2, 0.25) is 0 Å². The van der Waals surface area contributed by atoms with E-state index in [2.05, 4.69) is 10.2 Å². The zero-order valence-electron chi connectivity index (χ0n) is 18.5. The molecule has 1 fully saturated rings. The van der Waals surface area contributed by atoms with Crippen LogP contribution >= 0.6 is 0 Å². The maximum atomic E-state index is 13.7. The highest BCUT2D eigenvalue weighted by Gasteiger charge is 2.17. The summed E-state index contributed by atoms with van der Waals surface area (Å²) in [5.74, 6) is -1.17. The van der Waals surface area contributed by atoms with E-state index in [9.17, 15) is 14.0 Å². The minimum absolute atomic E-state index is 0.197. The summed E-state index contributed by atoms with van der Waals surface area (Å²) in [5, 5.41) is 22.0. The minimum atomic E-state index is -1.38. The number of nitrogens with zero attached hydrogens (tertiary/aromatic N) is 1. The number of hydrogen-bond acceptors (Lipinski definition) is 4. The molecule has 0 aromatic heterocycles. The van der Waals surface area contributed by atoms with Crippen LogP contribution < -0.4 is 15.5 Å². The van der Waals surface area contributed by atoms with Crippen LogP contribution in [-0.2, 0) is 0 Å². The van der Waals surface area contributed by atoms with Gasteiger partial charge >= 0.3 is 6.09 Å². The van der Waals surface area contributed by atoms with Crippen molar-refractivity contribution in [3.05, 3.63) is 83.7 Å². The predicted molar refractivity (Wildman–Crippen MR) is 130 cm³/mol. The first-order valence-electron chi connectivity index (χ1n) is 11.1. The Hall–Kier alpha value is -4.20. The fraction of sp³-hybridized carbons (Fsp3) is 0.192. The number of carbonyl (C=O) groups is 2. The lowest BCUT2D eigenvalue weighted by Crippen LogP contribution is -2.30. The van der Waals surface area contributed by atoms with Gasteiger partial charge in [-0.25, -0.2) is 9.18 Å². The van der Waals surface area contributed by atoms with Crippen LogP contribution in [0, 0.1) is 11.2 Å². The van der Waals surface area contributed by atoms with Crippen LogP contribution in [0.3, 0.4) is 0 Å². The Morgan fingerprint density at radius 3 is 2.38 bits per heavy atom. The van der Waals surface area contributed by atoms with Gasteiger partial charge in [0.25, 0.3) is 5.91 Å². The number of anilines is 2. The molecule has 0 bridgehead atoms. The fourth-order valence-electron chi connectivity index (χ4n) is 4.08. The molecule has 0 spiro atoms. The van der Waals surface area contributed by atoms with Crippen LogP contribution in [0.15, 0.2) is 66.7 Å². The van der Waals surface area contributed by atoms with Gasteiger partial charge in [-0.05, 0) is 72.9 Å². The van der Waals surface area contributed by atoms with Gasteiger partial charge in [-0.15, -0.1) is 0 Å². The summed E-state index contributed by atoms with van der Waals surface area (Å²) in [6.07, 6.45) is 2.06. The molecule has 1 heterocycles. The van der Waals surface area contributed by atoms with Crippen molar-refractivity contribution in [2.75, 3.05) is 23.3 Å². The minimum Gasteiger partial charge on any atom is -0.465 e. The van der Waals surface area contributed by atoms with Crippen molar-refractivity contribution in [1.29, 1.82) is 5.41 Å². The summed E-state index contributed by atoms with van der Waals surface area (Å²) in [4.78, 5) is 26.5. The molecule has 7 nitrogen and oxygen atoms in total. The molecule has 0 unspecified atom stereocenters. The number of carboxylic acid groups (broad SMARTS) is 1. The molecule has 8 heteroatoms. The van der Waals surface area contributed by atoms with Crippen molar-refractivity contribution in [3.8, 4) is 11.1 Å². The lowest BCUT2D eigenvalue weighted by molar-refractivity contribution is 0.102. The average Bonchev–Trinajstić information content (AvgIpc) is 2.84. The Balaban J connectivity index is 1.65. The first-order valence-corrected chi connectivity index (χ1v) is 11.1. The van der Waals surface area contributed by atoms with Gasteiger partial charge in [-0.3, -0.25) is 15.5 Å². The number of benzene rings is 3. The Bertz CT molecular complexity index is 1240. The Kier molecular flexibility index (Phi) is 6.87. The largest absolute Gasteiger partial charge is 0.465 e. The third-order valence-corrected chi connectivity index (χ3v) is 5.76. The molecular formula is C26H25FN4O3. The lowest BCUT2D eigenvalue weighted by atomic mass is 10.0. The summed E-state index contributed by atoms with van der Waals surface area (Å²) in [6.45, 7) is 1.89.